The van der Waals surface area contributed by atoms with Gasteiger partial charge in [-0.25, -0.2) is 0 Å². The van der Waals surface area contributed by atoms with Crippen LogP contribution >= 0.6 is 11.6 Å². The fourth-order valence-corrected chi connectivity index (χ4v) is 2.65. The molecular formula is C18H26ClNO2. The van der Waals surface area contributed by atoms with Crippen LogP contribution in [0.15, 0.2) is 43.0 Å². The predicted octanol–water partition coefficient (Wildman–Crippen LogP) is 3.78. The molecule has 22 heavy (non-hydrogen) atoms. The molecule has 1 N–H and O–H groups in total. The molecule has 0 heterocycles. The Morgan fingerprint density at radius 2 is 2.05 bits per heavy atom. The van der Waals surface area contributed by atoms with Gasteiger partial charge in [0.15, 0.2) is 0 Å². The van der Waals surface area contributed by atoms with Crippen molar-refractivity contribution in [3.8, 4) is 0 Å². The minimum atomic E-state index is -0.701. The summed E-state index contributed by atoms with van der Waals surface area (Å²) in [6.07, 6.45) is 3.24. The number of hydrogen-bond donors (Lipinski definition) is 1. The minimum Gasteiger partial charge on any atom is -0.386 e. The van der Waals surface area contributed by atoms with Crippen LogP contribution < -0.4 is 0 Å². The van der Waals surface area contributed by atoms with Crippen molar-refractivity contribution in [2.45, 2.75) is 38.3 Å². The number of allylic oxidation sites excluding steroid dienone is 1. The van der Waals surface area contributed by atoms with Crippen LogP contribution in [0, 0.1) is 5.92 Å². The molecule has 1 amide bonds. The molecule has 1 aromatic carbocycles. The van der Waals surface area contributed by atoms with Gasteiger partial charge in [-0.05, 0) is 31.7 Å². The van der Waals surface area contributed by atoms with Gasteiger partial charge in [-0.2, -0.15) is 0 Å². The van der Waals surface area contributed by atoms with Crippen LogP contribution in [-0.2, 0) is 4.79 Å². The van der Waals surface area contributed by atoms with Gasteiger partial charge >= 0.3 is 0 Å². The molecular weight excluding hydrogens is 298 g/mol. The summed E-state index contributed by atoms with van der Waals surface area (Å²) in [4.78, 5) is 14.3. The van der Waals surface area contributed by atoms with Crippen molar-refractivity contribution < 1.29 is 9.90 Å². The van der Waals surface area contributed by atoms with Gasteiger partial charge in [-0.15, -0.1) is 18.2 Å². The molecule has 0 aliphatic heterocycles. The Bertz CT molecular complexity index is 463. The summed E-state index contributed by atoms with van der Waals surface area (Å²) in [7, 11) is 1.75. The summed E-state index contributed by atoms with van der Waals surface area (Å²) in [5, 5.41) is 10.5. The largest absolute Gasteiger partial charge is 0.386 e. The van der Waals surface area contributed by atoms with E-state index in [0.29, 0.717) is 12.3 Å². The molecule has 0 unspecified atom stereocenters. The molecule has 0 radical (unpaired) electrons. The first kappa shape index (κ1) is 18.7. The van der Waals surface area contributed by atoms with E-state index in [4.69, 9.17) is 11.6 Å². The number of carbonyl (C=O) groups excluding carboxylic acids is 1. The van der Waals surface area contributed by atoms with Crippen LogP contribution in [0.1, 0.15) is 37.9 Å². The second-order valence-corrected chi connectivity index (χ2v) is 5.98. The highest BCUT2D eigenvalue weighted by Gasteiger charge is 2.28. The number of halogens is 1. The molecule has 3 atom stereocenters. The van der Waals surface area contributed by atoms with E-state index in [-0.39, 0.29) is 17.9 Å². The smallest absolute Gasteiger partial charge is 0.226 e. The van der Waals surface area contributed by atoms with Crippen molar-refractivity contribution in [1.82, 2.24) is 4.90 Å². The lowest BCUT2D eigenvalue weighted by molar-refractivity contribution is -0.138. The summed E-state index contributed by atoms with van der Waals surface area (Å²) in [6, 6.07) is 9.12. The first-order valence-corrected chi connectivity index (χ1v) is 8.22. The van der Waals surface area contributed by atoms with Crippen LogP contribution in [0.5, 0.6) is 0 Å². The van der Waals surface area contributed by atoms with Gasteiger partial charge in [0.05, 0.1) is 12.1 Å². The third-order valence-corrected chi connectivity index (χ3v) is 4.31. The number of rotatable bonds is 9. The predicted molar refractivity (Wildman–Crippen MR) is 91.9 cm³/mol. The Morgan fingerprint density at radius 3 is 2.59 bits per heavy atom. The van der Waals surface area contributed by atoms with E-state index in [1.54, 1.807) is 18.0 Å². The fourth-order valence-electron chi connectivity index (χ4n) is 2.50. The summed E-state index contributed by atoms with van der Waals surface area (Å²) in [6.45, 7) is 5.59. The maximum absolute atomic E-state index is 12.6. The van der Waals surface area contributed by atoms with E-state index in [2.05, 4.69) is 6.58 Å². The summed E-state index contributed by atoms with van der Waals surface area (Å²) >= 11 is 5.73. The molecule has 0 aromatic heterocycles. The molecule has 0 aliphatic rings. The lowest BCUT2D eigenvalue weighted by Gasteiger charge is -2.32. The molecule has 4 heteroatoms. The number of likely N-dealkylation sites (N-methyl/N-ethyl adjacent to an activating group) is 1. The van der Waals surface area contributed by atoms with Crippen LogP contribution in [-0.4, -0.2) is 34.9 Å². The van der Waals surface area contributed by atoms with Crippen molar-refractivity contribution in [2.75, 3.05) is 12.9 Å². The monoisotopic (exact) mass is 323 g/mol. The zero-order chi connectivity index (χ0) is 16.5. The Kier molecular flexibility index (Phi) is 8.21. The average molecular weight is 324 g/mol. The first-order chi connectivity index (χ1) is 10.5. The fraction of sp³-hybridized carbons (Fsp3) is 0.500. The molecule has 1 aromatic rings. The summed E-state index contributed by atoms with van der Waals surface area (Å²) in [5.74, 6) is 0.464. The number of nitrogens with zero attached hydrogens (tertiary/aromatic N) is 1. The molecule has 0 saturated heterocycles. The zero-order valence-corrected chi connectivity index (χ0v) is 14.2. The minimum absolute atomic E-state index is 0.0347. The Morgan fingerprint density at radius 1 is 1.41 bits per heavy atom. The van der Waals surface area contributed by atoms with Gasteiger partial charge in [0.1, 0.15) is 0 Å². The number of aliphatic hydroxyl groups excluding tert-OH is 1. The van der Waals surface area contributed by atoms with E-state index in [0.717, 1.165) is 18.4 Å². The molecule has 122 valence electrons. The summed E-state index contributed by atoms with van der Waals surface area (Å²) in [5.41, 5.74) is 0.815. The van der Waals surface area contributed by atoms with Crippen molar-refractivity contribution in [3.63, 3.8) is 0 Å². The second-order valence-electron chi connectivity index (χ2n) is 5.60. The molecule has 0 bridgehead atoms. The van der Waals surface area contributed by atoms with Gasteiger partial charge in [0.2, 0.25) is 5.91 Å². The van der Waals surface area contributed by atoms with Crippen LogP contribution in [0.3, 0.4) is 0 Å². The first-order valence-electron chi connectivity index (χ1n) is 7.69. The van der Waals surface area contributed by atoms with Gasteiger partial charge in [0, 0.05) is 18.8 Å². The van der Waals surface area contributed by atoms with Gasteiger partial charge in [0.25, 0.3) is 0 Å². The number of benzene rings is 1. The molecule has 1 rings (SSSR count). The van der Waals surface area contributed by atoms with Crippen molar-refractivity contribution >= 4 is 17.5 Å². The number of aliphatic hydroxyl groups is 1. The van der Waals surface area contributed by atoms with Gasteiger partial charge in [-0.1, -0.05) is 36.4 Å². The van der Waals surface area contributed by atoms with Gasteiger partial charge in [-0.3, -0.25) is 4.79 Å². The maximum atomic E-state index is 12.6. The third-order valence-electron chi connectivity index (χ3n) is 4.04. The van der Waals surface area contributed by atoms with E-state index in [1.807, 2.05) is 37.3 Å². The number of hydrogen-bond acceptors (Lipinski definition) is 2. The third kappa shape index (κ3) is 5.15. The molecule has 0 aliphatic carbocycles. The number of carbonyl (C=O) groups is 1. The quantitative estimate of drug-likeness (QED) is 0.555. The van der Waals surface area contributed by atoms with E-state index in [9.17, 15) is 9.90 Å². The van der Waals surface area contributed by atoms with Crippen molar-refractivity contribution in [2.24, 2.45) is 5.92 Å². The normalized spacial score (nSPS) is 14.9. The Hall–Kier alpha value is -1.32. The lowest BCUT2D eigenvalue weighted by atomic mass is 9.96. The SMILES string of the molecule is C=CC[C@H](CCCCl)C(=O)N(C)[C@H](C)[C@H](O)c1ccccc1. The summed E-state index contributed by atoms with van der Waals surface area (Å²) < 4.78 is 0. The van der Waals surface area contributed by atoms with E-state index < -0.39 is 6.10 Å². The van der Waals surface area contributed by atoms with Gasteiger partial charge < -0.3 is 10.0 Å². The molecule has 0 spiro atoms. The van der Waals surface area contributed by atoms with Crippen LogP contribution in [0.4, 0.5) is 0 Å². The highest BCUT2D eigenvalue weighted by Crippen LogP contribution is 2.23. The highest BCUT2D eigenvalue weighted by molar-refractivity contribution is 6.17. The Balaban J connectivity index is 2.76. The lowest BCUT2D eigenvalue weighted by Crippen LogP contribution is -2.42. The maximum Gasteiger partial charge on any atom is 0.226 e. The van der Waals surface area contributed by atoms with Crippen LogP contribution in [0.2, 0.25) is 0 Å². The Labute approximate surface area is 138 Å². The molecule has 0 saturated carbocycles. The average Bonchev–Trinajstić information content (AvgIpc) is 2.56. The van der Waals surface area contributed by atoms with E-state index in [1.165, 1.54) is 0 Å². The second kappa shape index (κ2) is 9.65. The standard InChI is InChI=1S/C18H26ClNO2/c1-4-9-16(12-8-13-19)18(22)20(3)14(2)17(21)15-10-6-5-7-11-15/h4-7,10-11,14,16-17,21H,1,8-9,12-13H2,2-3H3/t14-,16-,17+/m1/s1. The highest BCUT2D eigenvalue weighted by atomic mass is 35.5. The number of amides is 1. The topological polar surface area (TPSA) is 40.5 Å². The van der Waals surface area contributed by atoms with Crippen LogP contribution in [0.25, 0.3) is 0 Å². The number of alkyl halides is 1. The van der Waals surface area contributed by atoms with Crippen molar-refractivity contribution in [1.29, 1.82) is 0 Å². The molecule has 0 fully saturated rings. The zero-order valence-electron chi connectivity index (χ0n) is 13.4. The van der Waals surface area contributed by atoms with Crippen molar-refractivity contribution in [3.05, 3.63) is 48.6 Å². The van der Waals surface area contributed by atoms with E-state index >= 15 is 0 Å². The molecule has 3 nitrogen and oxygen atoms in total.